The molecule has 4 rings (SSSR count). The second-order valence-corrected chi connectivity index (χ2v) is 11.3. The third kappa shape index (κ3) is 6.20. The van der Waals surface area contributed by atoms with Crippen molar-refractivity contribution in [3.8, 4) is 0 Å². The predicted octanol–water partition coefficient (Wildman–Crippen LogP) is 4.29. The van der Waals surface area contributed by atoms with Gasteiger partial charge in [-0.3, -0.25) is 14.5 Å². The van der Waals surface area contributed by atoms with Gasteiger partial charge in [0.15, 0.2) is 5.78 Å². The third-order valence-corrected chi connectivity index (χ3v) is 8.31. The number of hydrogen-bond donors (Lipinski definition) is 1. The first-order valence-corrected chi connectivity index (χ1v) is 13.8. The lowest BCUT2D eigenvalue weighted by Gasteiger charge is -2.33. The zero-order chi connectivity index (χ0) is 25.7. The maximum absolute atomic E-state index is 13.1. The van der Waals surface area contributed by atoms with Gasteiger partial charge in [-0.25, -0.2) is 8.42 Å². The van der Waals surface area contributed by atoms with Gasteiger partial charge in [0.05, 0.1) is 11.4 Å². The van der Waals surface area contributed by atoms with Gasteiger partial charge in [-0.2, -0.15) is 4.31 Å². The normalized spacial score (nSPS) is 14.9. The Morgan fingerprint density at radius 2 is 1.58 bits per heavy atom. The number of piperazine rings is 1. The second kappa shape index (κ2) is 11.3. The maximum Gasteiger partial charge on any atom is 0.255 e. The molecule has 1 aliphatic heterocycles. The molecule has 3 aromatic rings. The highest BCUT2D eigenvalue weighted by Gasteiger charge is 2.25. The molecule has 1 fully saturated rings. The first kappa shape index (κ1) is 26.0. The third-order valence-electron chi connectivity index (χ3n) is 6.20. The number of amides is 1. The SMILES string of the molecule is CCS(=O)(=O)N1CCN(Cc2cccc(C(=O)Nc3ccc(Cl)cc3C(=O)c3ccccc3)c2)CC1. The van der Waals surface area contributed by atoms with Crippen LogP contribution in [0, 0.1) is 0 Å². The molecule has 1 heterocycles. The van der Waals surface area contributed by atoms with Crippen molar-refractivity contribution >= 4 is 39.0 Å². The van der Waals surface area contributed by atoms with Crippen LogP contribution in [-0.2, 0) is 16.6 Å². The number of nitrogens with zero attached hydrogens (tertiary/aromatic N) is 2. The van der Waals surface area contributed by atoms with E-state index in [1.54, 1.807) is 55.5 Å². The van der Waals surface area contributed by atoms with Crippen LogP contribution in [-0.4, -0.2) is 61.2 Å². The molecule has 0 saturated carbocycles. The highest BCUT2D eigenvalue weighted by atomic mass is 35.5. The summed E-state index contributed by atoms with van der Waals surface area (Å²) in [6.07, 6.45) is 0. The predicted molar refractivity (Wildman–Crippen MR) is 142 cm³/mol. The van der Waals surface area contributed by atoms with Crippen LogP contribution in [0.5, 0.6) is 0 Å². The van der Waals surface area contributed by atoms with Crippen molar-refractivity contribution in [2.75, 3.05) is 37.2 Å². The van der Waals surface area contributed by atoms with Gasteiger partial charge in [0.1, 0.15) is 0 Å². The molecule has 36 heavy (non-hydrogen) atoms. The summed E-state index contributed by atoms with van der Waals surface area (Å²) in [6, 6.07) is 21.0. The molecule has 0 atom stereocenters. The molecule has 3 aromatic carbocycles. The largest absolute Gasteiger partial charge is 0.321 e. The average molecular weight is 526 g/mol. The van der Waals surface area contributed by atoms with E-state index in [1.807, 2.05) is 24.3 Å². The molecule has 0 radical (unpaired) electrons. The Hall–Kier alpha value is -3.04. The van der Waals surface area contributed by atoms with Gasteiger partial charge in [-0.05, 0) is 42.8 Å². The van der Waals surface area contributed by atoms with Crippen LogP contribution in [0.25, 0.3) is 0 Å². The van der Waals surface area contributed by atoms with Crippen molar-refractivity contribution in [1.82, 2.24) is 9.21 Å². The fraction of sp³-hybridized carbons (Fsp3) is 0.259. The van der Waals surface area contributed by atoms with Crippen LogP contribution in [0.1, 0.15) is 38.8 Å². The number of carbonyl (C=O) groups is 2. The number of ketones is 1. The Bertz CT molecular complexity index is 1350. The van der Waals surface area contributed by atoms with Gasteiger partial charge < -0.3 is 5.32 Å². The average Bonchev–Trinajstić information content (AvgIpc) is 2.90. The Kier molecular flexibility index (Phi) is 8.21. The first-order chi connectivity index (χ1) is 17.3. The van der Waals surface area contributed by atoms with E-state index in [9.17, 15) is 18.0 Å². The van der Waals surface area contributed by atoms with Gasteiger partial charge in [0.2, 0.25) is 10.0 Å². The van der Waals surface area contributed by atoms with Crippen molar-refractivity contribution in [2.45, 2.75) is 13.5 Å². The number of hydrogen-bond acceptors (Lipinski definition) is 5. The van der Waals surface area contributed by atoms with Crippen molar-refractivity contribution < 1.29 is 18.0 Å². The summed E-state index contributed by atoms with van der Waals surface area (Å²) in [7, 11) is -3.17. The summed E-state index contributed by atoms with van der Waals surface area (Å²) in [5.74, 6) is -0.456. The van der Waals surface area contributed by atoms with Crippen molar-refractivity contribution in [3.63, 3.8) is 0 Å². The van der Waals surface area contributed by atoms with Crippen LogP contribution >= 0.6 is 11.6 Å². The molecule has 0 aliphatic carbocycles. The van der Waals surface area contributed by atoms with Crippen LogP contribution < -0.4 is 5.32 Å². The molecule has 1 aliphatic rings. The maximum atomic E-state index is 13.1. The van der Waals surface area contributed by atoms with Gasteiger partial charge in [-0.15, -0.1) is 0 Å². The quantitative estimate of drug-likeness (QED) is 0.443. The monoisotopic (exact) mass is 525 g/mol. The van der Waals surface area contributed by atoms with E-state index in [4.69, 9.17) is 11.6 Å². The molecular formula is C27H28ClN3O4S. The minimum absolute atomic E-state index is 0.108. The van der Waals surface area contributed by atoms with E-state index < -0.39 is 10.0 Å². The van der Waals surface area contributed by atoms with Gasteiger partial charge >= 0.3 is 0 Å². The topological polar surface area (TPSA) is 86.8 Å². The Labute approximate surface area is 216 Å². The lowest BCUT2D eigenvalue weighted by molar-refractivity contribution is 0.102. The molecule has 0 bridgehead atoms. The number of sulfonamides is 1. The van der Waals surface area contributed by atoms with Crippen LogP contribution in [0.2, 0.25) is 5.02 Å². The van der Waals surface area contributed by atoms with Crippen molar-refractivity contribution in [3.05, 3.63) is 100 Å². The minimum atomic E-state index is -3.17. The van der Waals surface area contributed by atoms with Gasteiger partial charge in [0.25, 0.3) is 5.91 Å². The summed E-state index contributed by atoms with van der Waals surface area (Å²) < 4.78 is 25.7. The molecule has 0 unspecified atom stereocenters. The zero-order valence-corrected chi connectivity index (χ0v) is 21.6. The Morgan fingerprint density at radius 1 is 0.889 bits per heavy atom. The highest BCUT2D eigenvalue weighted by molar-refractivity contribution is 7.89. The fourth-order valence-corrected chi connectivity index (χ4v) is 5.43. The summed E-state index contributed by atoms with van der Waals surface area (Å²) in [5, 5.41) is 3.26. The smallest absolute Gasteiger partial charge is 0.255 e. The van der Waals surface area contributed by atoms with E-state index in [0.717, 1.165) is 5.56 Å². The molecule has 0 spiro atoms. The van der Waals surface area contributed by atoms with E-state index in [2.05, 4.69) is 10.2 Å². The van der Waals surface area contributed by atoms with Gasteiger partial charge in [0, 0.05) is 54.4 Å². The molecule has 0 aromatic heterocycles. The number of rotatable bonds is 8. The number of anilines is 1. The molecule has 1 saturated heterocycles. The highest BCUT2D eigenvalue weighted by Crippen LogP contribution is 2.24. The fourth-order valence-electron chi connectivity index (χ4n) is 4.17. The number of carbonyl (C=O) groups excluding carboxylic acids is 2. The van der Waals surface area contributed by atoms with Crippen molar-refractivity contribution in [2.24, 2.45) is 0 Å². The van der Waals surface area contributed by atoms with Crippen LogP contribution in [0.15, 0.2) is 72.8 Å². The first-order valence-electron chi connectivity index (χ1n) is 11.8. The summed E-state index contributed by atoms with van der Waals surface area (Å²) in [5.41, 5.74) is 2.62. The van der Waals surface area contributed by atoms with E-state index in [1.165, 1.54) is 4.31 Å². The summed E-state index contributed by atoms with van der Waals surface area (Å²) in [6.45, 7) is 4.45. The number of benzene rings is 3. The van der Waals surface area contributed by atoms with Gasteiger partial charge in [-0.1, -0.05) is 54.1 Å². The molecule has 9 heteroatoms. The number of nitrogens with one attached hydrogen (secondary N) is 1. The van der Waals surface area contributed by atoms with E-state index in [0.29, 0.717) is 60.1 Å². The molecule has 1 amide bonds. The lowest BCUT2D eigenvalue weighted by atomic mass is 10.0. The molecular weight excluding hydrogens is 498 g/mol. The molecule has 188 valence electrons. The summed E-state index contributed by atoms with van der Waals surface area (Å²) in [4.78, 5) is 28.3. The van der Waals surface area contributed by atoms with Crippen LogP contribution in [0.3, 0.4) is 0 Å². The minimum Gasteiger partial charge on any atom is -0.321 e. The summed E-state index contributed by atoms with van der Waals surface area (Å²) >= 11 is 6.15. The zero-order valence-electron chi connectivity index (χ0n) is 20.0. The molecule has 1 N–H and O–H groups in total. The second-order valence-electron chi connectivity index (χ2n) is 8.62. The Balaban J connectivity index is 1.45. The van der Waals surface area contributed by atoms with Crippen molar-refractivity contribution in [1.29, 1.82) is 0 Å². The number of halogens is 1. The standard InChI is InChI=1S/C27H28ClN3O4S/c1-2-36(34,35)31-15-13-30(14-16-31)19-20-7-6-10-22(17-20)27(33)29-25-12-11-23(28)18-24(25)26(32)21-8-4-3-5-9-21/h3-12,17-18H,2,13-16,19H2,1H3,(H,29,33). The van der Waals surface area contributed by atoms with Crippen LogP contribution in [0.4, 0.5) is 5.69 Å². The molecule has 7 nitrogen and oxygen atoms in total. The van der Waals surface area contributed by atoms with E-state index in [-0.39, 0.29) is 17.4 Å². The lowest BCUT2D eigenvalue weighted by Crippen LogP contribution is -2.48. The Morgan fingerprint density at radius 3 is 2.28 bits per heavy atom. The van der Waals surface area contributed by atoms with E-state index >= 15 is 0 Å².